The van der Waals surface area contributed by atoms with E-state index in [1.807, 2.05) is 0 Å². The third-order valence-electron chi connectivity index (χ3n) is 7.14. The Labute approximate surface area is 207 Å². The van der Waals surface area contributed by atoms with Gasteiger partial charge in [-0.05, 0) is 49.9 Å². The lowest BCUT2D eigenvalue weighted by molar-refractivity contribution is -0.148. The summed E-state index contributed by atoms with van der Waals surface area (Å²) in [6, 6.07) is 5.91. The smallest absolute Gasteiger partial charge is 0.367 e. The number of nitrogens with zero attached hydrogens (tertiary/aromatic N) is 2. The van der Waals surface area contributed by atoms with Crippen LogP contribution in [0.2, 0.25) is 0 Å². The largest absolute Gasteiger partial charge is 0.416 e. The molecule has 1 aromatic carbocycles. The van der Waals surface area contributed by atoms with E-state index in [4.69, 9.17) is 4.74 Å². The number of ether oxygens (including phenoxy) is 1. The van der Waals surface area contributed by atoms with Crippen LogP contribution >= 0.6 is 0 Å². The number of pyridine rings is 1. The molecule has 4 aliphatic rings. The number of nitrogens with one attached hydrogen (secondary N) is 2. The van der Waals surface area contributed by atoms with Crippen molar-refractivity contribution < 1.29 is 40.7 Å². The Morgan fingerprint density at radius 2 is 1.73 bits per heavy atom. The highest BCUT2D eigenvalue weighted by atomic mass is 19.4. The van der Waals surface area contributed by atoms with E-state index in [2.05, 4.69) is 15.6 Å². The molecular formula is C24H24F6N4O3. The Kier molecular flexibility index (Phi) is 6.13. The average molecular weight is 530 g/mol. The van der Waals surface area contributed by atoms with Crippen LogP contribution in [0, 0.1) is 0 Å². The van der Waals surface area contributed by atoms with E-state index < -0.39 is 47.5 Å². The molecule has 6 rings (SSSR count). The minimum absolute atomic E-state index is 0.0830. The van der Waals surface area contributed by atoms with Gasteiger partial charge in [0.05, 0.1) is 23.7 Å². The van der Waals surface area contributed by atoms with Gasteiger partial charge in [-0.2, -0.15) is 26.3 Å². The number of amides is 2. The molecule has 2 aromatic rings. The molecule has 13 heteroatoms. The second-order valence-corrected chi connectivity index (χ2v) is 10.3. The molecule has 200 valence electrons. The van der Waals surface area contributed by atoms with Crippen molar-refractivity contribution in [3.63, 3.8) is 0 Å². The molecule has 3 aliphatic carbocycles. The van der Waals surface area contributed by atoms with E-state index in [1.54, 1.807) is 0 Å². The maximum absolute atomic E-state index is 12.9. The van der Waals surface area contributed by atoms with Gasteiger partial charge in [0, 0.05) is 29.6 Å². The van der Waals surface area contributed by atoms with Crippen molar-refractivity contribution in [3.8, 4) is 0 Å². The predicted octanol–water partition coefficient (Wildman–Crippen LogP) is 3.43. The van der Waals surface area contributed by atoms with Gasteiger partial charge in [-0.25, -0.2) is 4.98 Å². The third kappa shape index (κ3) is 5.52. The summed E-state index contributed by atoms with van der Waals surface area (Å²) >= 11 is 0. The van der Waals surface area contributed by atoms with Crippen LogP contribution in [0.1, 0.15) is 41.7 Å². The Morgan fingerprint density at radius 1 is 1.03 bits per heavy atom. The first-order valence-electron chi connectivity index (χ1n) is 11.8. The quantitative estimate of drug-likeness (QED) is 0.537. The molecular weight excluding hydrogens is 506 g/mol. The van der Waals surface area contributed by atoms with Crippen LogP contribution in [0.3, 0.4) is 0 Å². The fourth-order valence-corrected chi connectivity index (χ4v) is 5.64. The highest BCUT2D eigenvalue weighted by Gasteiger charge is 2.69. The summed E-state index contributed by atoms with van der Waals surface area (Å²) < 4.78 is 81.6. The molecule has 1 unspecified atom stereocenters. The molecule has 7 nitrogen and oxygen atoms in total. The first-order valence-corrected chi connectivity index (χ1v) is 11.8. The van der Waals surface area contributed by atoms with Crippen molar-refractivity contribution in [1.29, 1.82) is 0 Å². The minimum atomic E-state index is -4.47. The monoisotopic (exact) mass is 530 g/mol. The highest BCUT2D eigenvalue weighted by molar-refractivity contribution is 5.96. The van der Waals surface area contributed by atoms with E-state index in [-0.39, 0.29) is 42.2 Å². The second-order valence-electron chi connectivity index (χ2n) is 10.3. The Morgan fingerprint density at radius 3 is 2.41 bits per heavy atom. The second kappa shape index (κ2) is 8.83. The summed E-state index contributed by atoms with van der Waals surface area (Å²) in [4.78, 5) is 30.4. The van der Waals surface area contributed by atoms with Gasteiger partial charge in [0.25, 0.3) is 5.91 Å². The molecule has 37 heavy (non-hydrogen) atoms. The molecule has 2 N–H and O–H groups in total. The molecule has 1 aromatic heterocycles. The Balaban J connectivity index is 1.07. The number of hydrogen-bond acceptors (Lipinski definition) is 5. The summed E-state index contributed by atoms with van der Waals surface area (Å²) in [7, 11) is 0. The zero-order valence-electron chi connectivity index (χ0n) is 19.5. The standard InChI is InChI=1S/C24H24F6N4O3/c25-23(26,27)13-34-6-5-16(8-34)37-9-19(35)32-21-10-22(11-21,12-21)33-20(36)18-3-1-14-7-15(24(28,29)30)2-4-17(14)31-18/h1-4,7,16H,5-6,8-13H2,(H,32,35)(H,33,36). The number of aromatic nitrogens is 1. The number of carbonyl (C=O) groups is 2. The van der Waals surface area contributed by atoms with Crippen LogP contribution in [0.15, 0.2) is 30.3 Å². The number of benzene rings is 1. The van der Waals surface area contributed by atoms with Gasteiger partial charge in [-0.3, -0.25) is 14.5 Å². The fraction of sp³-hybridized carbons (Fsp3) is 0.542. The number of alkyl halides is 6. The number of fused-ring (bicyclic) bond motifs is 1. The normalized spacial score (nSPS) is 27.5. The molecule has 1 saturated heterocycles. The van der Waals surface area contributed by atoms with Crippen molar-refractivity contribution in [2.24, 2.45) is 0 Å². The summed E-state index contributed by atoms with van der Waals surface area (Å²) in [6.07, 6.45) is -7.20. The van der Waals surface area contributed by atoms with Crippen LogP contribution in [0.5, 0.6) is 0 Å². The molecule has 2 amide bonds. The van der Waals surface area contributed by atoms with Gasteiger partial charge in [0.2, 0.25) is 5.91 Å². The van der Waals surface area contributed by atoms with E-state index in [9.17, 15) is 35.9 Å². The van der Waals surface area contributed by atoms with Crippen molar-refractivity contribution in [3.05, 3.63) is 41.6 Å². The van der Waals surface area contributed by atoms with Crippen LogP contribution in [0.4, 0.5) is 26.3 Å². The van der Waals surface area contributed by atoms with Crippen LogP contribution in [0.25, 0.3) is 10.9 Å². The number of likely N-dealkylation sites (tertiary alicyclic amines) is 1. The predicted molar refractivity (Wildman–Crippen MR) is 119 cm³/mol. The van der Waals surface area contributed by atoms with Crippen molar-refractivity contribution >= 4 is 22.7 Å². The summed E-state index contributed by atoms with van der Waals surface area (Å²) in [5.41, 5.74) is -1.37. The first-order chi connectivity index (χ1) is 17.2. The molecule has 1 atom stereocenters. The Hall–Kier alpha value is -2.93. The molecule has 3 saturated carbocycles. The topological polar surface area (TPSA) is 83.6 Å². The van der Waals surface area contributed by atoms with Crippen molar-refractivity contribution in [2.45, 2.75) is 55.2 Å². The van der Waals surface area contributed by atoms with Gasteiger partial charge >= 0.3 is 12.4 Å². The fourth-order valence-electron chi connectivity index (χ4n) is 5.64. The summed E-state index contributed by atoms with van der Waals surface area (Å²) in [6.45, 7) is -0.857. The lowest BCUT2D eigenvalue weighted by atomic mass is 9.44. The number of rotatable bonds is 7. The van der Waals surface area contributed by atoms with E-state index in [0.717, 1.165) is 12.1 Å². The molecule has 0 spiro atoms. The lowest BCUT2D eigenvalue weighted by Gasteiger charge is -2.70. The Bertz CT molecular complexity index is 1210. The zero-order chi connectivity index (χ0) is 26.6. The van der Waals surface area contributed by atoms with Crippen LogP contribution < -0.4 is 10.6 Å². The summed E-state index contributed by atoms with van der Waals surface area (Å²) in [5.74, 6) is -0.808. The van der Waals surface area contributed by atoms with Gasteiger partial charge in [-0.1, -0.05) is 6.07 Å². The average Bonchev–Trinajstić information content (AvgIpc) is 3.19. The van der Waals surface area contributed by atoms with E-state index >= 15 is 0 Å². The third-order valence-corrected chi connectivity index (χ3v) is 7.14. The zero-order valence-corrected chi connectivity index (χ0v) is 19.5. The molecule has 4 fully saturated rings. The van der Waals surface area contributed by atoms with Gasteiger partial charge < -0.3 is 15.4 Å². The first kappa shape index (κ1) is 25.7. The number of halogens is 6. The maximum Gasteiger partial charge on any atom is 0.416 e. The SMILES string of the molecule is O=C(COC1CCN(CC(F)(F)F)C1)NC12CC(NC(=O)c3ccc4cc(C(F)(F)F)ccc4n3)(C1)C2. The van der Waals surface area contributed by atoms with E-state index in [1.165, 1.54) is 23.1 Å². The number of carbonyl (C=O) groups excluding carboxylic acids is 2. The molecule has 0 radical (unpaired) electrons. The molecule has 2 heterocycles. The van der Waals surface area contributed by atoms with Crippen LogP contribution in [-0.2, 0) is 15.7 Å². The number of hydrogen-bond donors (Lipinski definition) is 2. The highest BCUT2D eigenvalue weighted by Crippen LogP contribution is 2.60. The van der Waals surface area contributed by atoms with Gasteiger partial charge in [-0.15, -0.1) is 0 Å². The van der Waals surface area contributed by atoms with Gasteiger partial charge in [0.1, 0.15) is 12.3 Å². The summed E-state index contributed by atoms with van der Waals surface area (Å²) in [5, 5.41) is 6.08. The van der Waals surface area contributed by atoms with E-state index in [0.29, 0.717) is 25.7 Å². The molecule has 1 aliphatic heterocycles. The maximum atomic E-state index is 12.9. The van der Waals surface area contributed by atoms with Crippen molar-refractivity contribution in [1.82, 2.24) is 20.5 Å². The minimum Gasteiger partial charge on any atom is -0.367 e. The van der Waals surface area contributed by atoms with Gasteiger partial charge in [0.15, 0.2) is 0 Å². The van der Waals surface area contributed by atoms with Crippen LogP contribution in [-0.4, -0.2) is 71.3 Å². The molecule has 2 bridgehead atoms. The van der Waals surface area contributed by atoms with Crippen molar-refractivity contribution in [2.75, 3.05) is 26.2 Å². The lowest BCUT2D eigenvalue weighted by Crippen LogP contribution is -2.84.